The third-order valence-corrected chi connectivity index (χ3v) is 5.07. The van der Waals surface area contributed by atoms with Crippen molar-refractivity contribution in [2.75, 3.05) is 17.2 Å². The second-order valence-corrected chi connectivity index (χ2v) is 6.50. The first-order chi connectivity index (χ1) is 9.04. The SMILES string of the molecule is Cc1ccc(/C(N)=N/O)c(N2CCSC(C)C2C)c1. The van der Waals surface area contributed by atoms with Crippen LogP contribution in [0.5, 0.6) is 0 Å². The predicted octanol–water partition coefficient (Wildman–Crippen LogP) is 2.42. The molecule has 3 N–H and O–H groups in total. The minimum Gasteiger partial charge on any atom is -0.409 e. The Morgan fingerprint density at radius 2 is 2.21 bits per heavy atom. The number of aryl methyl sites for hydroxylation is 1. The maximum atomic E-state index is 8.94. The van der Waals surface area contributed by atoms with E-state index in [0.717, 1.165) is 23.5 Å². The van der Waals surface area contributed by atoms with Crippen LogP contribution in [0.2, 0.25) is 0 Å². The van der Waals surface area contributed by atoms with Gasteiger partial charge in [0.2, 0.25) is 0 Å². The Morgan fingerprint density at radius 1 is 1.47 bits per heavy atom. The van der Waals surface area contributed by atoms with E-state index < -0.39 is 0 Å². The second-order valence-electron chi connectivity index (χ2n) is 5.02. The molecule has 5 heteroatoms. The zero-order chi connectivity index (χ0) is 14.0. The predicted molar refractivity (Wildman–Crippen MR) is 82.4 cm³/mol. The summed E-state index contributed by atoms with van der Waals surface area (Å²) in [5.41, 5.74) is 8.85. The van der Waals surface area contributed by atoms with Crippen molar-refractivity contribution in [1.29, 1.82) is 0 Å². The Kier molecular flexibility index (Phi) is 4.24. The van der Waals surface area contributed by atoms with Crippen LogP contribution >= 0.6 is 11.8 Å². The highest BCUT2D eigenvalue weighted by atomic mass is 32.2. The molecule has 2 atom stereocenters. The maximum absolute atomic E-state index is 8.94. The van der Waals surface area contributed by atoms with Gasteiger partial charge in [-0.15, -0.1) is 0 Å². The molecule has 1 aromatic carbocycles. The third kappa shape index (κ3) is 2.81. The highest BCUT2D eigenvalue weighted by Gasteiger charge is 2.27. The molecule has 0 radical (unpaired) electrons. The monoisotopic (exact) mass is 279 g/mol. The van der Waals surface area contributed by atoms with Gasteiger partial charge >= 0.3 is 0 Å². The topological polar surface area (TPSA) is 61.9 Å². The molecule has 104 valence electrons. The van der Waals surface area contributed by atoms with Crippen molar-refractivity contribution in [2.45, 2.75) is 32.1 Å². The summed E-state index contributed by atoms with van der Waals surface area (Å²) in [5, 5.41) is 12.7. The lowest BCUT2D eigenvalue weighted by molar-refractivity contribution is 0.318. The highest BCUT2D eigenvalue weighted by molar-refractivity contribution is 8.00. The molecule has 0 saturated carbocycles. The summed E-state index contributed by atoms with van der Waals surface area (Å²) < 4.78 is 0. The average molecular weight is 279 g/mol. The highest BCUT2D eigenvalue weighted by Crippen LogP contribution is 2.31. The molecule has 1 aliphatic rings. The Hall–Kier alpha value is -1.36. The molecule has 1 heterocycles. The van der Waals surface area contributed by atoms with E-state index in [1.54, 1.807) is 0 Å². The lowest BCUT2D eigenvalue weighted by Crippen LogP contribution is -2.45. The van der Waals surface area contributed by atoms with Crippen LogP contribution in [0.3, 0.4) is 0 Å². The average Bonchev–Trinajstić information content (AvgIpc) is 2.41. The van der Waals surface area contributed by atoms with E-state index in [1.165, 1.54) is 5.56 Å². The van der Waals surface area contributed by atoms with Gasteiger partial charge in [0.15, 0.2) is 5.84 Å². The van der Waals surface area contributed by atoms with Gasteiger partial charge in [-0.25, -0.2) is 0 Å². The van der Waals surface area contributed by atoms with Crippen LogP contribution in [-0.4, -0.2) is 34.6 Å². The molecule has 0 bridgehead atoms. The Morgan fingerprint density at radius 3 is 2.89 bits per heavy atom. The molecule has 4 nitrogen and oxygen atoms in total. The maximum Gasteiger partial charge on any atom is 0.172 e. The van der Waals surface area contributed by atoms with Crippen molar-refractivity contribution < 1.29 is 5.21 Å². The molecular formula is C14H21N3OS. The van der Waals surface area contributed by atoms with Crippen LogP contribution in [0.1, 0.15) is 25.0 Å². The number of nitrogens with zero attached hydrogens (tertiary/aromatic N) is 2. The minimum atomic E-state index is 0.174. The van der Waals surface area contributed by atoms with Gasteiger partial charge in [-0.1, -0.05) is 18.1 Å². The Bertz CT molecular complexity index is 490. The van der Waals surface area contributed by atoms with Gasteiger partial charge in [0.1, 0.15) is 0 Å². The summed E-state index contributed by atoms with van der Waals surface area (Å²) in [4.78, 5) is 2.36. The smallest absolute Gasteiger partial charge is 0.172 e. The number of amidine groups is 1. The first kappa shape index (κ1) is 14.1. The zero-order valence-electron chi connectivity index (χ0n) is 11.6. The number of rotatable bonds is 2. The van der Waals surface area contributed by atoms with Gasteiger partial charge in [-0.3, -0.25) is 0 Å². The number of nitrogens with two attached hydrogens (primary N) is 1. The van der Waals surface area contributed by atoms with Crippen molar-refractivity contribution >= 4 is 23.3 Å². The fourth-order valence-corrected chi connectivity index (χ4v) is 3.52. The summed E-state index contributed by atoms with van der Waals surface area (Å²) >= 11 is 2.00. The molecule has 1 saturated heterocycles. The quantitative estimate of drug-likeness (QED) is 0.378. The van der Waals surface area contributed by atoms with E-state index in [2.05, 4.69) is 36.9 Å². The lowest BCUT2D eigenvalue weighted by atomic mass is 10.1. The first-order valence-electron chi connectivity index (χ1n) is 6.51. The molecule has 1 fully saturated rings. The fraction of sp³-hybridized carbons (Fsp3) is 0.500. The molecule has 0 aliphatic carbocycles. The Balaban J connectivity index is 2.45. The van der Waals surface area contributed by atoms with Crippen molar-refractivity contribution in [3.8, 4) is 0 Å². The summed E-state index contributed by atoms with van der Waals surface area (Å²) in [7, 11) is 0. The van der Waals surface area contributed by atoms with Gasteiger partial charge in [-0.2, -0.15) is 11.8 Å². The normalized spacial score (nSPS) is 24.6. The summed E-state index contributed by atoms with van der Waals surface area (Å²) in [6.07, 6.45) is 0. The molecular weight excluding hydrogens is 258 g/mol. The number of hydrogen-bond acceptors (Lipinski definition) is 4. The molecule has 1 aliphatic heterocycles. The van der Waals surface area contributed by atoms with Crippen LogP contribution in [0, 0.1) is 6.92 Å². The van der Waals surface area contributed by atoms with E-state index in [9.17, 15) is 0 Å². The van der Waals surface area contributed by atoms with E-state index in [4.69, 9.17) is 10.9 Å². The van der Waals surface area contributed by atoms with Crippen molar-refractivity contribution in [3.05, 3.63) is 29.3 Å². The molecule has 0 amide bonds. The molecule has 2 unspecified atom stereocenters. The van der Waals surface area contributed by atoms with Gasteiger partial charge in [0.25, 0.3) is 0 Å². The zero-order valence-corrected chi connectivity index (χ0v) is 12.4. The van der Waals surface area contributed by atoms with Crippen LogP contribution in [0.4, 0.5) is 5.69 Å². The molecule has 1 aromatic rings. The van der Waals surface area contributed by atoms with Crippen LogP contribution in [0.25, 0.3) is 0 Å². The third-order valence-electron chi connectivity index (χ3n) is 3.73. The van der Waals surface area contributed by atoms with Crippen LogP contribution in [0.15, 0.2) is 23.4 Å². The standard InChI is InChI=1S/C14H21N3OS/c1-9-4-5-12(14(15)16-18)13(8-9)17-6-7-19-11(3)10(17)2/h4-5,8,10-11,18H,6-7H2,1-3H3,(H2,15,16). The van der Waals surface area contributed by atoms with Gasteiger partial charge in [-0.05, 0) is 31.5 Å². The van der Waals surface area contributed by atoms with Crippen molar-refractivity contribution in [2.24, 2.45) is 10.9 Å². The Labute approximate surface area is 118 Å². The molecule has 2 rings (SSSR count). The number of thioether (sulfide) groups is 1. The lowest BCUT2D eigenvalue weighted by Gasteiger charge is -2.40. The van der Waals surface area contributed by atoms with Crippen molar-refractivity contribution in [3.63, 3.8) is 0 Å². The van der Waals surface area contributed by atoms with Gasteiger partial charge in [0, 0.05) is 34.8 Å². The van der Waals surface area contributed by atoms with E-state index in [-0.39, 0.29) is 5.84 Å². The molecule has 0 spiro atoms. The van der Waals surface area contributed by atoms with Crippen LogP contribution in [-0.2, 0) is 0 Å². The summed E-state index contributed by atoms with van der Waals surface area (Å²) in [5.74, 6) is 1.28. The summed E-state index contributed by atoms with van der Waals surface area (Å²) in [6, 6.07) is 6.47. The summed E-state index contributed by atoms with van der Waals surface area (Å²) in [6.45, 7) is 7.54. The van der Waals surface area contributed by atoms with Gasteiger partial charge < -0.3 is 15.8 Å². The minimum absolute atomic E-state index is 0.174. The van der Waals surface area contributed by atoms with Crippen molar-refractivity contribution in [1.82, 2.24) is 0 Å². The number of anilines is 1. The van der Waals surface area contributed by atoms with E-state index in [1.807, 2.05) is 23.9 Å². The van der Waals surface area contributed by atoms with Crippen LogP contribution < -0.4 is 10.6 Å². The number of benzene rings is 1. The number of oxime groups is 1. The van der Waals surface area contributed by atoms with E-state index in [0.29, 0.717) is 11.3 Å². The number of hydrogen-bond donors (Lipinski definition) is 2. The second kappa shape index (κ2) is 5.74. The van der Waals surface area contributed by atoms with Gasteiger partial charge in [0.05, 0.1) is 0 Å². The molecule has 19 heavy (non-hydrogen) atoms. The van der Waals surface area contributed by atoms with E-state index >= 15 is 0 Å². The largest absolute Gasteiger partial charge is 0.409 e. The molecule has 0 aromatic heterocycles. The first-order valence-corrected chi connectivity index (χ1v) is 7.56. The fourth-order valence-electron chi connectivity index (χ4n) is 2.42.